The van der Waals surface area contributed by atoms with Gasteiger partial charge in [-0.2, -0.15) is 0 Å². The summed E-state index contributed by atoms with van der Waals surface area (Å²) in [6.07, 6.45) is 1.07. The minimum absolute atomic E-state index is 0.0261. The summed E-state index contributed by atoms with van der Waals surface area (Å²) in [5.74, 6) is -1.41. The largest absolute Gasteiger partial charge is 0.327 e. The predicted molar refractivity (Wildman–Crippen MR) is 82.2 cm³/mol. The van der Waals surface area contributed by atoms with E-state index < -0.39 is 21.4 Å². The second-order valence-corrected chi connectivity index (χ2v) is 6.47. The fourth-order valence-electron chi connectivity index (χ4n) is 2.04. The molecule has 0 aliphatic rings. The zero-order chi connectivity index (χ0) is 15.3. The lowest BCUT2D eigenvalue weighted by Crippen LogP contribution is -2.10. The van der Waals surface area contributed by atoms with Crippen molar-refractivity contribution in [3.8, 4) is 11.1 Å². The van der Waals surface area contributed by atoms with Crippen LogP contribution >= 0.6 is 0 Å². The molecule has 0 radical (unpaired) electrons. The molecule has 0 aliphatic heterocycles. The molecule has 2 rings (SSSR count). The average molecular weight is 305 g/mol. The predicted octanol–water partition coefficient (Wildman–Crippen LogP) is 2.94. The molecule has 0 amide bonds. The van der Waals surface area contributed by atoms with Crippen LogP contribution in [0.1, 0.15) is 0 Å². The lowest BCUT2D eigenvalue weighted by molar-refractivity contribution is 0.583. The van der Waals surface area contributed by atoms with Gasteiger partial charge in [-0.25, -0.2) is 12.8 Å². The van der Waals surface area contributed by atoms with Crippen LogP contribution in [-0.2, 0) is 9.84 Å². The number of rotatable bonds is 5. The molecule has 21 heavy (non-hydrogen) atoms. The van der Waals surface area contributed by atoms with Crippen molar-refractivity contribution in [3.05, 3.63) is 66.5 Å². The number of nitrogens with two attached hydrogens (primary N) is 1. The Kier molecular flexibility index (Phi) is 4.88. The van der Waals surface area contributed by atoms with Crippen molar-refractivity contribution in [2.75, 3.05) is 12.3 Å². The van der Waals surface area contributed by atoms with Gasteiger partial charge in [0.2, 0.25) is 0 Å². The van der Waals surface area contributed by atoms with Gasteiger partial charge in [0.1, 0.15) is 11.6 Å². The molecule has 0 saturated carbocycles. The van der Waals surface area contributed by atoms with E-state index in [2.05, 4.69) is 0 Å². The monoisotopic (exact) mass is 305 g/mol. The van der Waals surface area contributed by atoms with Crippen LogP contribution in [0.15, 0.2) is 71.4 Å². The van der Waals surface area contributed by atoms with Gasteiger partial charge in [0.25, 0.3) is 0 Å². The summed E-state index contributed by atoms with van der Waals surface area (Å²) in [5, 5.41) is 0. The van der Waals surface area contributed by atoms with Crippen LogP contribution in [0.25, 0.3) is 11.1 Å². The van der Waals surface area contributed by atoms with E-state index >= 15 is 0 Å². The normalized spacial score (nSPS) is 12.4. The molecule has 110 valence electrons. The van der Waals surface area contributed by atoms with Gasteiger partial charge in [0.05, 0.1) is 4.90 Å². The maximum atomic E-state index is 13.5. The fraction of sp³-hybridized carbons (Fsp3) is 0.125. The summed E-state index contributed by atoms with van der Waals surface area (Å²) in [7, 11) is -3.76. The first-order valence-corrected chi connectivity index (χ1v) is 8.11. The maximum absolute atomic E-state index is 13.5. The highest BCUT2D eigenvalue weighted by molar-refractivity contribution is 7.91. The van der Waals surface area contributed by atoms with Gasteiger partial charge >= 0.3 is 0 Å². The topological polar surface area (TPSA) is 60.2 Å². The van der Waals surface area contributed by atoms with Crippen molar-refractivity contribution in [2.24, 2.45) is 5.73 Å². The Bertz CT molecular complexity index is 740. The first kappa shape index (κ1) is 15.4. The molecular weight excluding hydrogens is 289 g/mol. The van der Waals surface area contributed by atoms with Crippen LogP contribution in [-0.4, -0.2) is 20.7 Å². The van der Waals surface area contributed by atoms with E-state index in [0.29, 0.717) is 5.56 Å². The summed E-state index contributed by atoms with van der Waals surface area (Å²) < 4.78 is 38.3. The maximum Gasteiger partial charge on any atom is 0.185 e. The molecule has 0 bridgehead atoms. The van der Waals surface area contributed by atoms with Gasteiger partial charge in [-0.05, 0) is 17.7 Å². The van der Waals surface area contributed by atoms with E-state index in [1.807, 2.05) is 30.3 Å². The van der Waals surface area contributed by atoms with E-state index in [-0.39, 0.29) is 11.4 Å². The van der Waals surface area contributed by atoms with Crippen LogP contribution in [0.3, 0.4) is 0 Å². The Hall–Kier alpha value is -1.98. The van der Waals surface area contributed by atoms with Crippen molar-refractivity contribution >= 4 is 9.84 Å². The standard InChI is InChI=1S/C16H16FNO2S/c17-14(10-11-18)12-21(19,20)16-9-5-4-8-15(16)13-6-2-1-3-7-13/h1-10H,11-12,18H2/b14-10-. The molecule has 0 aliphatic carbocycles. The first-order chi connectivity index (χ1) is 10.0. The van der Waals surface area contributed by atoms with Gasteiger partial charge < -0.3 is 5.73 Å². The van der Waals surface area contributed by atoms with Crippen LogP contribution in [0.2, 0.25) is 0 Å². The molecule has 2 N–H and O–H groups in total. The molecule has 0 heterocycles. The molecule has 0 unspecified atom stereocenters. The first-order valence-electron chi connectivity index (χ1n) is 6.46. The molecule has 0 aromatic heterocycles. The third-order valence-corrected chi connectivity index (χ3v) is 4.66. The zero-order valence-electron chi connectivity index (χ0n) is 11.4. The Morgan fingerprint density at radius 2 is 1.67 bits per heavy atom. The van der Waals surface area contributed by atoms with Gasteiger partial charge in [-0.1, -0.05) is 48.5 Å². The van der Waals surface area contributed by atoms with Gasteiger partial charge in [0, 0.05) is 12.1 Å². The highest BCUT2D eigenvalue weighted by Gasteiger charge is 2.20. The van der Waals surface area contributed by atoms with E-state index in [0.717, 1.165) is 11.6 Å². The lowest BCUT2D eigenvalue weighted by Gasteiger charge is -2.10. The second kappa shape index (κ2) is 6.65. The Labute approximate surface area is 123 Å². The number of hydrogen-bond acceptors (Lipinski definition) is 3. The summed E-state index contributed by atoms with van der Waals surface area (Å²) in [6.45, 7) is -0.0261. The Morgan fingerprint density at radius 3 is 2.33 bits per heavy atom. The molecule has 0 saturated heterocycles. The summed E-state index contributed by atoms with van der Waals surface area (Å²) in [6, 6.07) is 15.7. The Morgan fingerprint density at radius 1 is 1.05 bits per heavy atom. The smallest absolute Gasteiger partial charge is 0.185 e. The van der Waals surface area contributed by atoms with Gasteiger partial charge in [0.15, 0.2) is 9.84 Å². The molecule has 0 atom stereocenters. The second-order valence-electron chi connectivity index (χ2n) is 4.51. The SMILES string of the molecule is NC/C=C(\F)CS(=O)(=O)c1ccccc1-c1ccccc1. The highest BCUT2D eigenvalue weighted by atomic mass is 32.2. The molecule has 2 aromatic carbocycles. The van der Waals surface area contributed by atoms with Gasteiger partial charge in [-0.15, -0.1) is 0 Å². The third-order valence-electron chi connectivity index (χ3n) is 2.97. The van der Waals surface area contributed by atoms with Crippen molar-refractivity contribution in [3.63, 3.8) is 0 Å². The van der Waals surface area contributed by atoms with Crippen molar-refractivity contribution < 1.29 is 12.8 Å². The molecule has 2 aromatic rings. The van der Waals surface area contributed by atoms with Crippen LogP contribution in [0.4, 0.5) is 4.39 Å². The van der Waals surface area contributed by atoms with E-state index in [1.165, 1.54) is 6.07 Å². The van der Waals surface area contributed by atoms with E-state index in [9.17, 15) is 12.8 Å². The zero-order valence-corrected chi connectivity index (χ0v) is 12.2. The van der Waals surface area contributed by atoms with Crippen molar-refractivity contribution in [1.29, 1.82) is 0 Å². The van der Waals surface area contributed by atoms with Crippen molar-refractivity contribution in [2.45, 2.75) is 4.90 Å². The minimum Gasteiger partial charge on any atom is -0.327 e. The molecule has 0 spiro atoms. The van der Waals surface area contributed by atoms with E-state index in [1.54, 1.807) is 18.2 Å². The number of benzene rings is 2. The van der Waals surface area contributed by atoms with Crippen molar-refractivity contribution in [1.82, 2.24) is 0 Å². The lowest BCUT2D eigenvalue weighted by atomic mass is 10.1. The number of hydrogen-bond donors (Lipinski definition) is 1. The minimum atomic E-state index is -3.76. The molecule has 0 fully saturated rings. The molecular formula is C16H16FNO2S. The van der Waals surface area contributed by atoms with Crippen LogP contribution in [0, 0.1) is 0 Å². The molecule has 5 heteroatoms. The third kappa shape index (κ3) is 3.77. The average Bonchev–Trinajstić information content (AvgIpc) is 2.48. The van der Waals surface area contributed by atoms with Gasteiger partial charge in [-0.3, -0.25) is 0 Å². The molecule has 3 nitrogen and oxygen atoms in total. The highest BCUT2D eigenvalue weighted by Crippen LogP contribution is 2.28. The fourth-order valence-corrected chi connectivity index (χ4v) is 3.48. The quantitative estimate of drug-likeness (QED) is 0.924. The van der Waals surface area contributed by atoms with Crippen LogP contribution in [0.5, 0.6) is 0 Å². The Balaban J connectivity index is 2.48. The summed E-state index contributed by atoms with van der Waals surface area (Å²) in [5.41, 5.74) is 6.54. The number of halogens is 1. The van der Waals surface area contributed by atoms with E-state index in [4.69, 9.17) is 5.73 Å². The van der Waals surface area contributed by atoms with Crippen LogP contribution < -0.4 is 5.73 Å². The summed E-state index contributed by atoms with van der Waals surface area (Å²) >= 11 is 0. The number of sulfone groups is 1. The summed E-state index contributed by atoms with van der Waals surface area (Å²) in [4.78, 5) is 0.122.